The number of hydrogen-bond donors (Lipinski definition) is 2. The van der Waals surface area contributed by atoms with Gasteiger partial charge in [-0.15, -0.1) is 5.10 Å². The van der Waals surface area contributed by atoms with Crippen molar-refractivity contribution in [3.8, 4) is 16.9 Å². The summed E-state index contributed by atoms with van der Waals surface area (Å²) in [4.78, 5) is 4.06. The lowest BCUT2D eigenvalue weighted by Crippen LogP contribution is -1.97. The van der Waals surface area contributed by atoms with Gasteiger partial charge in [0, 0.05) is 11.3 Å². The minimum atomic E-state index is -0.657. The van der Waals surface area contributed by atoms with E-state index in [1.807, 2.05) is 13.0 Å². The van der Waals surface area contributed by atoms with E-state index in [1.165, 1.54) is 12.1 Å². The Balaban J connectivity index is 2.24. The number of aromatic nitrogens is 3. The Morgan fingerprint density at radius 1 is 1.26 bits per heavy atom. The first-order valence-corrected chi connectivity index (χ1v) is 5.67. The Morgan fingerprint density at radius 3 is 2.79 bits per heavy atom. The fourth-order valence-electron chi connectivity index (χ4n) is 2.07. The molecule has 2 aromatic heterocycles. The van der Waals surface area contributed by atoms with Crippen LogP contribution >= 0.6 is 0 Å². The number of phenolic OH excluding ortho intramolecular Hbond substituents is 1. The van der Waals surface area contributed by atoms with Gasteiger partial charge in [0.25, 0.3) is 0 Å². The zero-order valence-electron chi connectivity index (χ0n) is 10.1. The van der Waals surface area contributed by atoms with Crippen LogP contribution in [-0.4, -0.2) is 19.7 Å². The van der Waals surface area contributed by atoms with Gasteiger partial charge in [0.15, 0.2) is 17.2 Å². The van der Waals surface area contributed by atoms with Crippen molar-refractivity contribution in [3.63, 3.8) is 0 Å². The van der Waals surface area contributed by atoms with Crippen molar-refractivity contribution in [1.29, 1.82) is 0 Å². The SMILES string of the molecule is Cc1c(-c2ccc(O)c(F)c2)ccc2nc(N)nn12. The zero-order valence-corrected chi connectivity index (χ0v) is 10.1. The lowest BCUT2D eigenvalue weighted by Gasteiger charge is -2.08. The maximum Gasteiger partial charge on any atom is 0.240 e. The molecule has 19 heavy (non-hydrogen) atoms. The van der Waals surface area contributed by atoms with Crippen LogP contribution in [0.2, 0.25) is 0 Å². The number of fused-ring (bicyclic) bond motifs is 1. The smallest absolute Gasteiger partial charge is 0.240 e. The van der Waals surface area contributed by atoms with Crippen LogP contribution in [-0.2, 0) is 0 Å². The fourth-order valence-corrected chi connectivity index (χ4v) is 2.07. The van der Waals surface area contributed by atoms with Crippen LogP contribution in [0, 0.1) is 12.7 Å². The van der Waals surface area contributed by atoms with Gasteiger partial charge in [0.1, 0.15) is 0 Å². The number of aryl methyl sites for hydroxylation is 1. The molecule has 0 spiro atoms. The Hall–Kier alpha value is -2.63. The van der Waals surface area contributed by atoms with Crippen LogP contribution in [0.1, 0.15) is 5.69 Å². The summed E-state index contributed by atoms with van der Waals surface area (Å²) in [6.45, 7) is 1.85. The standard InChI is InChI=1S/C13H11FN4O/c1-7-9(8-2-4-11(19)10(14)6-8)3-5-12-16-13(15)17-18(7)12/h2-6,19H,1H3,(H2,15,17). The highest BCUT2D eigenvalue weighted by molar-refractivity contribution is 5.68. The molecule has 0 saturated heterocycles. The number of nitrogen functional groups attached to an aromatic ring is 1. The van der Waals surface area contributed by atoms with Crippen LogP contribution in [0.5, 0.6) is 5.75 Å². The van der Waals surface area contributed by atoms with E-state index in [1.54, 1.807) is 16.6 Å². The summed E-state index contributed by atoms with van der Waals surface area (Å²) < 4.78 is 15.0. The highest BCUT2D eigenvalue weighted by Gasteiger charge is 2.10. The number of rotatable bonds is 1. The molecule has 0 atom stereocenters. The molecule has 0 aliphatic heterocycles. The summed E-state index contributed by atoms with van der Waals surface area (Å²) in [5.74, 6) is -0.834. The maximum absolute atomic E-state index is 13.4. The molecule has 0 fully saturated rings. The Morgan fingerprint density at radius 2 is 2.05 bits per heavy atom. The number of benzene rings is 1. The third-order valence-corrected chi connectivity index (χ3v) is 3.01. The van der Waals surface area contributed by atoms with Gasteiger partial charge in [0.2, 0.25) is 5.95 Å². The molecule has 0 aliphatic carbocycles. The second-order valence-corrected chi connectivity index (χ2v) is 4.24. The first kappa shape index (κ1) is 11.5. The summed E-state index contributed by atoms with van der Waals surface area (Å²) in [7, 11) is 0. The average molecular weight is 258 g/mol. The van der Waals surface area contributed by atoms with E-state index in [2.05, 4.69) is 10.1 Å². The Labute approximate surface area is 108 Å². The molecule has 0 saturated carbocycles. The first-order valence-electron chi connectivity index (χ1n) is 5.67. The molecule has 2 heterocycles. The summed E-state index contributed by atoms with van der Waals surface area (Å²) >= 11 is 0. The summed E-state index contributed by atoms with van der Waals surface area (Å²) in [6.07, 6.45) is 0. The lowest BCUT2D eigenvalue weighted by molar-refractivity contribution is 0.432. The minimum absolute atomic E-state index is 0.192. The largest absolute Gasteiger partial charge is 0.505 e. The molecule has 3 N–H and O–H groups in total. The average Bonchev–Trinajstić information content (AvgIpc) is 2.75. The molecule has 0 unspecified atom stereocenters. The monoisotopic (exact) mass is 258 g/mol. The minimum Gasteiger partial charge on any atom is -0.505 e. The van der Waals surface area contributed by atoms with Crippen LogP contribution in [0.4, 0.5) is 10.3 Å². The molecule has 6 heteroatoms. The molecule has 3 aromatic rings. The van der Waals surface area contributed by atoms with Gasteiger partial charge < -0.3 is 10.8 Å². The highest BCUT2D eigenvalue weighted by atomic mass is 19.1. The van der Waals surface area contributed by atoms with E-state index in [9.17, 15) is 9.50 Å². The van der Waals surface area contributed by atoms with Gasteiger partial charge in [-0.3, -0.25) is 0 Å². The van der Waals surface area contributed by atoms with Crippen molar-refractivity contribution in [2.45, 2.75) is 6.92 Å². The molecular formula is C13H11FN4O. The van der Waals surface area contributed by atoms with E-state index in [0.29, 0.717) is 11.2 Å². The number of aromatic hydroxyl groups is 1. The maximum atomic E-state index is 13.4. The van der Waals surface area contributed by atoms with Crippen molar-refractivity contribution in [3.05, 3.63) is 41.8 Å². The first-order chi connectivity index (χ1) is 9.06. The fraction of sp³-hybridized carbons (Fsp3) is 0.0769. The van der Waals surface area contributed by atoms with E-state index in [4.69, 9.17) is 5.73 Å². The van der Waals surface area contributed by atoms with E-state index in [0.717, 1.165) is 11.3 Å². The topological polar surface area (TPSA) is 76.4 Å². The molecular weight excluding hydrogens is 247 g/mol. The van der Waals surface area contributed by atoms with Crippen LogP contribution in [0.15, 0.2) is 30.3 Å². The van der Waals surface area contributed by atoms with E-state index < -0.39 is 5.82 Å². The van der Waals surface area contributed by atoms with Crippen molar-refractivity contribution in [2.75, 3.05) is 5.73 Å². The molecule has 1 aromatic carbocycles. The molecule has 0 radical (unpaired) electrons. The number of nitrogens with two attached hydrogens (primary N) is 1. The number of hydrogen-bond acceptors (Lipinski definition) is 4. The third kappa shape index (κ3) is 1.77. The van der Waals surface area contributed by atoms with Crippen molar-refractivity contribution < 1.29 is 9.50 Å². The van der Waals surface area contributed by atoms with Gasteiger partial charge in [0.05, 0.1) is 0 Å². The second-order valence-electron chi connectivity index (χ2n) is 4.24. The highest BCUT2D eigenvalue weighted by Crippen LogP contribution is 2.27. The van der Waals surface area contributed by atoms with Crippen molar-refractivity contribution in [2.24, 2.45) is 0 Å². The van der Waals surface area contributed by atoms with Crippen LogP contribution in [0.3, 0.4) is 0 Å². The summed E-state index contributed by atoms with van der Waals surface area (Å²) in [5.41, 5.74) is 8.45. The summed E-state index contributed by atoms with van der Waals surface area (Å²) in [5, 5.41) is 13.3. The van der Waals surface area contributed by atoms with Crippen molar-refractivity contribution >= 4 is 11.6 Å². The molecule has 5 nitrogen and oxygen atoms in total. The van der Waals surface area contributed by atoms with Crippen molar-refractivity contribution in [1.82, 2.24) is 14.6 Å². The predicted octanol–water partition coefficient (Wildman–Crippen LogP) is 2.13. The molecule has 0 bridgehead atoms. The van der Waals surface area contributed by atoms with Gasteiger partial charge in [-0.05, 0) is 36.8 Å². The summed E-state index contributed by atoms with van der Waals surface area (Å²) in [6, 6.07) is 7.84. The van der Waals surface area contributed by atoms with E-state index >= 15 is 0 Å². The third-order valence-electron chi connectivity index (χ3n) is 3.01. The number of phenols is 1. The zero-order chi connectivity index (χ0) is 13.6. The van der Waals surface area contributed by atoms with Gasteiger partial charge in [-0.1, -0.05) is 6.07 Å². The van der Waals surface area contributed by atoms with Gasteiger partial charge in [-0.25, -0.2) is 8.91 Å². The predicted molar refractivity (Wildman–Crippen MR) is 69.2 cm³/mol. The molecule has 0 aliphatic rings. The van der Waals surface area contributed by atoms with Crippen LogP contribution < -0.4 is 5.73 Å². The Bertz CT molecular complexity index is 782. The molecule has 3 rings (SSSR count). The van der Waals surface area contributed by atoms with Gasteiger partial charge in [-0.2, -0.15) is 4.98 Å². The van der Waals surface area contributed by atoms with Gasteiger partial charge >= 0.3 is 0 Å². The van der Waals surface area contributed by atoms with E-state index in [-0.39, 0.29) is 11.7 Å². The number of halogens is 1. The normalized spacial score (nSPS) is 11.1. The Kier molecular flexibility index (Phi) is 2.38. The van der Waals surface area contributed by atoms with Crippen LogP contribution in [0.25, 0.3) is 16.8 Å². The molecule has 0 amide bonds. The number of anilines is 1. The number of pyridine rings is 1. The molecule has 96 valence electrons. The number of nitrogens with zero attached hydrogens (tertiary/aromatic N) is 3. The quantitative estimate of drug-likeness (QED) is 0.701. The second kappa shape index (κ2) is 3.94. The lowest BCUT2D eigenvalue weighted by atomic mass is 10.0.